The molecule has 24 heavy (non-hydrogen) atoms. The van der Waals surface area contributed by atoms with E-state index in [-0.39, 0.29) is 11.4 Å². The van der Waals surface area contributed by atoms with E-state index in [9.17, 15) is 13.9 Å². The van der Waals surface area contributed by atoms with Gasteiger partial charge in [0, 0.05) is 35.4 Å². The minimum atomic E-state index is -1.16. The minimum Gasteiger partial charge on any atom is -0.382 e. The molecule has 0 saturated heterocycles. The number of halogens is 2. The molecule has 2 heterocycles. The van der Waals surface area contributed by atoms with Crippen LogP contribution in [-0.2, 0) is 4.74 Å². The molecule has 5 nitrogen and oxygen atoms in total. The number of nitrogen functional groups attached to an aromatic ring is 1. The average molecular weight is 331 g/mol. The number of aliphatic hydroxyl groups excluding tert-OH is 1. The number of aliphatic hydroxyl groups is 1. The molecule has 3 rings (SSSR count). The zero-order chi connectivity index (χ0) is 17.3. The van der Waals surface area contributed by atoms with E-state index in [0.717, 1.165) is 6.07 Å². The summed E-state index contributed by atoms with van der Waals surface area (Å²) in [5.41, 5.74) is 7.24. The van der Waals surface area contributed by atoms with E-state index in [2.05, 4.69) is 9.97 Å². The number of ether oxygens (including phenoxy) is 1. The SMILES string of the molecule is CCOC(O)c1cnc(N)c2nc(-c3cc(F)cc(F)c3)ccc12. The van der Waals surface area contributed by atoms with Crippen LogP contribution in [0.3, 0.4) is 0 Å². The van der Waals surface area contributed by atoms with Gasteiger partial charge in [0.25, 0.3) is 0 Å². The van der Waals surface area contributed by atoms with Gasteiger partial charge in [0.1, 0.15) is 23.0 Å². The summed E-state index contributed by atoms with van der Waals surface area (Å²) in [5, 5.41) is 10.6. The average Bonchev–Trinajstić information content (AvgIpc) is 2.54. The molecule has 3 aromatic rings. The van der Waals surface area contributed by atoms with Gasteiger partial charge in [-0.1, -0.05) is 0 Å². The fraction of sp³-hybridized carbons (Fsp3) is 0.176. The Hall–Kier alpha value is -2.64. The van der Waals surface area contributed by atoms with Crippen molar-refractivity contribution in [3.63, 3.8) is 0 Å². The first-order valence-corrected chi connectivity index (χ1v) is 7.31. The zero-order valence-corrected chi connectivity index (χ0v) is 12.8. The lowest BCUT2D eigenvalue weighted by Crippen LogP contribution is -2.06. The van der Waals surface area contributed by atoms with Crippen LogP contribution < -0.4 is 5.73 Å². The Morgan fingerprint density at radius 2 is 1.92 bits per heavy atom. The van der Waals surface area contributed by atoms with Crippen molar-refractivity contribution in [1.29, 1.82) is 0 Å². The first-order chi connectivity index (χ1) is 11.5. The summed E-state index contributed by atoms with van der Waals surface area (Å²) < 4.78 is 32.0. The van der Waals surface area contributed by atoms with E-state index in [1.807, 2.05) is 0 Å². The van der Waals surface area contributed by atoms with Crippen molar-refractivity contribution < 1.29 is 18.6 Å². The second-order valence-corrected chi connectivity index (χ2v) is 5.16. The maximum atomic E-state index is 13.4. The van der Waals surface area contributed by atoms with Gasteiger partial charge in [-0.2, -0.15) is 0 Å². The van der Waals surface area contributed by atoms with Crippen LogP contribution in [0.15, 0.2) is 36.5 Å². The molecule has 7 heteroatoms. The molecule has 0 aliphatic carbocycles. The molecule has 1 unspecified atom stereocenters. The van der Waals surface area contributed by atoms with Crippen LogP contribution in [0.5, 0.6) is 0 Å². The van der Waals surface area contributed by atoms with Crippen LogP contribution in [0.25, 0.3) is 22.2 Å². The van der Waals surface area contributed by atoms with Crippen molar-refractivity contribution in [2.24, 2.45) is 0 Å². The predicted molar refractivity (Wildman–Crippen MR) is 85.9 cm³/mol. The Morgan fingerprint density at radius 1 is 1.21 bits per heavy atom. The van der Waals surface area contributed by atoms with E-state index < -0.39 is 17.9 Å². The third kappa shape index (κ3) is 3.04. The standard InChI is InChI=1S/C17H15F2N3O2/c1-2-24-17(23)13-8-21-16(20)15-12(13)3-4-14(22-15)9-5-10(18)7-11(19)6-9/h3-8,17,23H,2H2,1H3,(H2,20,21). The molecule has 0 aliphatic rings. The molecule has 0 fully saturated rings. The van der Waals surface area contributed by atoms with Gasteiger partial charge in [-0.3, -0.25) is 0 Å². The number of benzene rings is 1. The van der Waals surface area contributed by atoms with E-state index in [1.165, 1.54) is 18.3 Å². The van der Waals surface area contributed by atoms with Gasteiger partial charge >= 0.3 is 0 Å². The van der Waals surface area contributed by atoms with E-state index in [1.54, 1.807) is 19.1 Å². The second-order valence-electron chi connectivity index (χ2n) is 5.16. The third-order valence-corrected chi connectivity index (χ3v) is 3.54. The highest BCUT2D eigenvalue weighted by Gasteiger charge is 2.15. The first-order valence-electron chi connectivity index (χ1n) is 7.31. The van der Waals surface area contributed by atoms with Crippen molar-refractivity contribution >= 4 is 16.7 Å². The molecule has 1 aromatic carbocycles. The van der Waals surface area contributed by atoms with Crippen LogP contribution in [0, 0.1) is 11.6 Å². The van der Waals surface area contributed by atoms with Crippen molar-refractivity contribution in [3.05, 3.63) is 53.7 Å². The number of hydrogen-bond acceptors (Lipinski definition) is 5. The van der Waals surface area contributed by atoms with Crippen molar-refractivity contribution in [1.82, 2.24) is 9.97 Å². The van der Waals surface area contributed by atoms with Crippen LogP contribution in [0.4, 0.5) is 14.6 Å². The van der Waals surface area contributed by atoms with Crippen LogP contribution in [0.1, 0.15) is 18.8 Å². The lowest BCUT2D eigenvalue weighted by Gasteiger charge is -2.14. The van der Waals surface area contributed by atoms with Gasteiger partial charge in [0.2, 0.25) is 0 Å². The number of anilines is 1. The van der Waals surface area contributed by atoms with Crippen LogP contribution in [0.2, 0.25) is 0 Å². The molecule has 0 spiro atoms. The number of nitrogens with two attached hydrogens (primary N) is 1. The summed E-state index contributed by atoms with van der Waals surface area (Å²) in [6, 6.07) is 6.41. The van der Waals surface area contributed by atoms with Crippen molar-refractivity contribution in [2.45, 2.75) is 13.2 Å². The number of pyridine rings is 2. The van der Waals surface area contributed by atoms with Gasteiger partial charge in [-0.15, -0.1) is 0 Å². The maximum absolute atomic E-state index is 13.4. The molecule has 0 radical (unpaired) electrons. The Balaban J connectivity index is 2.16. The summed E-state index contributed by atoms with van der Waals surface area (Å²) in [5.74, 6) is -1.24. The lowest BCUT2D eigenvalue weighted by molar-refractivity contribution is -0.0971. The summed E-state index contributed by atoms with van der Waals surface area (Å²) in [4.78, 5) is 8.35. The number of aromatic nitrogens is 2. The summed E-state index contributed by atoms with van der Waals surface area (Å²) in [6.07, 6.45) is 0.256. The van der Waals surface area contributed by atoms with Gasteiger partial charge in [-0.05, 0) is 31.2 Å². The quantitative estimate of drug-likeness (QED) is 0.718. The minimum absolute atomic E-state index is 0.149. The Kier molecular flexibility index (Phi) is 4.37. The molecule has 124 valence electrons. The number of fused-ring (bicyclic) bond motifs is 1. The predicted octanol–water partition coefficient (Wildman–Crippen LogP) is 3.18. The molecule has 0 saturated carbocycles. The Bertz CT molecular complexity index is 882. The lowest BCUT2D eigenvalue weighted by atomic mass is 10.1. The summed E-state index contributed by atoms with van der Waals surface area (Å²) in [6.45, 7) is 2.08. The number of rotatable bonds is 4. The highest BCUT2D eigenvalue weighted by Crippen LogP contribution is 2.29. The molecule has 3 N–H and O–H groups in total. The van der Waals surface area contributed by atoms with Gasteiger partial charge < -0.3 is 15.6 Å². The smallest absolute Gasteiger partial charge is 0.183 e. The number of nitrogens with zero attached hydrogens (tertiary/aromatic N) is 2. The molecule has 1 atom stereocenters. The second kappa shape index (κ2) is 6.46. The summed E-state index contributed by atoms with van der Waals surface area (Å²) >= 11 is 0. The molecule has 0 aliphatic heterocycles. The van der Waals surface area contributed by atoms with Crippen LogP contribution >= 0.6 is 0 Å². The van der Waals surface area contributed by atoms with Gasteiger partial charge in [0.15, 0.2) is 6.29 Å². The fourth-order valence-corrected chi connectivity index (χ4v) is 2.46. The maximum Gasteiger partial charge on any atom is 0.183 e. The molecule has 2 aromatic heterocycles. The van der Waals surface area contributed by atoms with Gasteiger partial charge in [0.05, 0.1) is 5.69 Å². The summed E-state index contributed by atoms with van der Waals surface area (Å²) in [7, 11) is 0. The third-order valence-electron chi connectivity index (χ3n) is 3.54. The molecular weight excluding hydrogens is 316 g/mol. The molecule has 0 amide bonds. The Morgan fingerprint density at radius 3 is 2.58 bits per heavy atom. The first kappa shape index (κ1) is 16.2. The highest BCUT2D eigenvalue weighted by atomic mass is 19.1. The van der Waals surface area contributed by atoms with E-state index in [0.29, 0.717) is 28.8 Å². The normalized spacial score (nSPS) is 12.5. The monoisotopic (exact) mass is 331 g/mol. The Labute approximate surface area is 136 Å². The zero-order valence-electron chi connectivity index (χ0n) is 12.8. The topological polar surface area (TPSA) is 81.3 Å². The van der Waals surface area contributed by atoms with E-state index >= 15 is 0 Å². The van der Waals surface area contributed by atoms with Crippen LogP contribution in [-0.4, -0.2) is 21.7 Å². The molecule has 0 bridgehead atoms. The van der Waals surface area contributed by atoms with Crippen molar-refractivity contribution in [2.75, 3.05) is 12.3 Å². The largest absolute Gasteiger partial charge is 0.382 e. The van der Waals surface area contributed by atoms with E-state index in [4.69, 9.17) is 10.5 Å². The van der Waals surface area contributed by atoms with Gasteiger partial charge in [-0.25, -0.2) is 18.7 Å². The highest BCUT2D eigenvalue weighted by molar-refractivity contribution is 5.91. The molecular formula is C17H15F2N3O2. The number of hydrogen-bond donors (Lipinski definition) is 2. The van der Waals surface area contributed by atoms with Crippen molar-refractivity contribution in [3.8, 4) is 11.3 Å². The fourth-order valence-electron chi connectivity index (χ4n) is 2.46.